The summed E-state index contributed by atoms with van der Waals surface area (Å²) < 4.78 is 25.3. The van der Waals surface area contributed by atoms with Crippen molar-refractivity contribution in [1.82, 2.24) is 0 Å². The molecule has 0 radical (unpaired) electrons. The van der Waals surface area contributed by atoms with Crippen molar-refractivity contribution in [1.29, 1.82) is 0 Å². The molecule has 2 bridgehead atoms. The van der Waals surface area contributed by atoms with Crippen molar-refractivity contribution in [2.45, 2.75) is 54.6 Å². The molecule has 18 heteroatoms. The van der Waals surface area contributed by atoms with E-state index < -0.39 is 117 Å². The summed E-state index contributed by atoms with van der Waals surface area (Å²) in [5.74, 6) is -12.7. The molecule has 0 aliphatic carbocycles. The van der Waals surface area contributed by atoms with Crippen molar-refractivity contribution >= 4 is 0 Å². The minimum Gasteiger partial charge on any atom is -0.508 e. The lowest BCUT2D eigenvalue weighted by Gasteiger charge is -2.51. The number of aliphatic hydroxyl groups excluding tert-OH is 3. The molecular weight excluding hydrogens is 828 g/mol. The molecule has 0 aromatic heterocycles. The molecule has 0 saturated carbocycles. The maximum atomic E-state index is 12.7. The molecule has 14 N–H and O–H groups in total. The Bertz CT molecular complexity index is 2910. The van der Waals surface area contributed by atoms with Gasteiger partial charge < -0.3 is 90.4 Å². The van der Waals surface area contributed by atoms with Crippen LogP contribution in [0.5, 0.6) is 86.2 Å². The van der Waals surface area contributed by atoms with Crippen LogP contribution in [0.2, 0.25) is 0 Å². The maximum Gasteiger partial charge on any atom is 0.305 e. The Kier molecular flexibility index (Phi) is 8.49. The summed E-state index contributed by atoms with van der Waals surface area (Å²) in [5.41, 5.74) is -0.683. The lowest BCUT2D eigenvalue weighted by Crippen LogP contribution is -2.57. The molecule has 18 nitrogen and oxygen atoms in total. The number of phenolic OH excluding ortho intramolecular Hbond substituents is 11. The second-order valence-electron chi connectivity index (χ2n) is 15.9. The zero-order chi connectivity index (χ0) is 44.5. The van der Waals surface area contributed by atoms with Gasteiger partial charge in [0.25, 0.3) is 0 Å². The van der Waals surface area contributed by atoms with E-state index in [1.807, 2.05) is 0 Å². The van der Waals surface area contributed by atoms with E-state index in [-0.39, 0.29) is 68.4 Å². The molecular formula is C45H36O18. The second-order valence-corrected chi connectivity index (χ2v) is 15.9. The topological polar surface area (TPSA) is 320 Å². The number of rotatable bonds is 4. The molecule has 0 amide bonds. The zero-order valence-electron chi connectivity index (χ0n) is 32.1. The number of aliphatic hydroxyl groups is 3. The summed E-state index contributed by atoms with van der Waals surface area (Å²) in [5, 5.41) is 156. The predicted molar refractivity (Wildman–Crippen MR) is 212 cm³/mol. The molecule has 6 aromatic carbocycles. The number of hydrogen-bond donors (Lipinski definition) is 14. The molecule has 0 spiro atoms. The van der Waals surface area contributed by atoms with E-state index in [9.17, 15) is 71.5 Å². The fourth-order valence-corrected chi connectivity index (χ4v) is 9.31. The second kappa shape index (κ2) is 13.6. The summed E-state index contributed by atoms with van der Waals surface area (Å²) in [4.78, 5) is 0. The van der Waals surface area contributed by atoms with Gasteiger partial charge in [-0.25, -0.2) is 0 Å². The van der Waals surface area contributed by atoms with Gasteiger partial charge >= 0.3 is 5.79 Å². The normalized spacial score (nSPS) is 25.2. The quantitative estimate of drug-likeness (QED) is 0.110. The van der Waals surface area contributed by atoms with Crippen molar-refractivity contribution in [3.8, 4) is 86.2 Å². The van der Waals surface area contributed by atoms with Gasteiger partial charge in [0.1, 0.15) is 70.1 Å². The third-order valence-electron chi connectivity index (χ3n) is 12.2. The molecule has 63 heavy (non-hydrogen) atoms. The Morgan fingerprint density at radius 1 is 0.460 bits per heavy atom. The van der Waals surface area contributed by atoms with Crippen LogP contribution in [0, 0.1) is 0 Å². The molecule has 324 valence electrons. The van der Waals surface area contributed by atoms with Crippen LogP contribution in [0.15, 0.2) is 78.9 Å². The van der Waals surface area contributed by atoms with Crippen LogP contribution in [0.1, 0.15) is 68.6 Å². The smallest absolute Gasteiger partial charge is 0.305 e. The van der Waals surface area contributed by atoms with Gasteiger partial charge in [0.15, 0.2) is 40.6 Å². The number of hydrogen-bond acceptors (Lipinski definition) is 18. The third-order valence-corrected chi connectivity index (χ3v) is 12.2. The standard InChI is InChI=1S/C45H36O18/c46-18-10-27(54)33-30(11-18)60-42(16-2-5-21(48)25(52)8-16)40(58)37(33)34-28(55)14-31-35(39(34)57)38-36-32(63-45(62-31,44(38)59)17-3-6-22(49)26(53)9-17)13-23(50)19-12-29(56)41(61-43(19)36)15-1-4-20(47)24(51)7-15/h1-11,13-14,29,37-38,40-42,44,46-59H,12H2/t29-,37+,38+,40+,41-,42+,44+,45-/m0/s1. The van der Waals surface area contributed by atoms with Gasteiger partial charge in [0.05, 0.1) is 17.9 Å². The number of phenols is 11. The molecule has 4 aliphatic rings. The van der Waals surface area contributed by atoms with Crippen LogP contribution in [-0.2, 0) is 12.2 Å². The van der Waals surface area contributed by atoms with E-state index >= 15 is 0 Å². The molecule has 4 heterocycles. The summed E-state index contributed by atoms with van der Waals surface area (Å²) in [6.45, 7) is 0. The Hall–Kier alpha value is -7.80. The van der Waals surface area contributed by atoms with Crippen LogP contribution in [0.3, 0.4) is 0 Å². The van der Waals surface area contributed by atoms with Crippen LogP contribution < -0.4 is 18.9 Å². The van der Waals surface area contributed by atoms with Crippen molar-refractivity contribution in [2.75, 3.05) is 0 Å². The highest BCUT2D eigenvalue weighted by atomic mass is 16.7. The van der Waals surface area contributed by atoms with E-state index in [0.29, 0.717) is 0 Å². The fourth-order valence-electron chi connectivity index (χ4n) is 9.31. The van der Waals surface area contributed by atoms with Crippen LogP contribution >= 0.6 is 0 Å². The average molecular weight is 865 g/mol. The van der Waals surface area contributed by atoms with Crippen LogP contribution in [-0.4, -0.2) is 89.8 Å². The lowest BCUT2D eigenvalue weighted by molar-refractivity contribution is -0.219. The van der Waals surface area contributed by atoms with Crippen molar-refractivity contribution in [3.05, 3.63) is 123 Å². The molecule has 0 unspecified atom stereocenters. The van der Waals surface area contributed by atoms with Gasteiger partial charge in [-0.1, -0.05) is 12.1 Å². The fraction of sp³-hybridized carbons (Fsp3) is 0.200. The Balaban J connectivity index is 1.22. The lowest BCUT2D eigenvalue weighted by atomic mass is 9.72. The van der Waals surface area contributed by atoms with Gasteiger partial charge in [-0.2, -0.15) is 0 Å². The van der Waals surface area contributed by atoms with Crippen molar-refractivity contribution in [3.63, 3.8) is 0 Å². The first kappa shape index (κ1) is 39.3. The number of aromatic hydroxyl groups is 11. The van der Waals surface area contributed by atoms with Crippen LogP contribution in [0.4, 0.5) is 0 Å². The van der Waals surface area contributed by atoms with E-state index in [1.165, 1.54) is 30.3 Å². The Morgan fingerprint density at radius 3 is 1.67 bits per heavy atom. The van der Waals surface area contributed by atoms with Gasteiger partial charge in [0, 0.05) is 64.1 Å². The minimum atomic E-state index is -2.36. The van der Waals surface area contributed by atoms with Gasteiger partial charge in [-0.15, -0.1) is 0 Å². The molecule has 6 aromatic rings. The monoisotopic (exact) mass is 864 g/mol. The highest BCUT2D eigenvalue weighted by Gasteiger charge is 2.61. The summed E-state index contributed by atoms with van der Waals surface area (Å²) in [6.07, 6.45) is -8.07. The summed E-state index contributed by atoms with van der Waals surface area (Å²) in [6, 6.07) is 15.0. The molecule has 0 fully saturated rings. The number of ether oxygens (including phenoxy) is 4. The van der Waals surface area contributed by atoms with E-state index in [1.54, 1.807) is 0 Å². The van der Waals surface area contributed by atoms with E-state index in [2.05, 4.69) is 0 Å². The summed E-state index contributed by atoms with van der Waals surface area (Å²) in [7, 11) is 0. The highest BCUT2D eigenvalue weighted by molar-refractivity contribution is 5.72. The van der Waals surface area contributed by atoms with Gasteiger partial charge in [-0.3, -0.25) is 0 Å². The first-order chi connectivity index (χ1) is 30.0. The minimum absolute atomic E-state index is 0.0246. The maximum absolute atomic E-state index is 12.7. The molecule has 4 aliphatic heterocycles. The zero-order valence-corrected chi connectivity index (χ0v) is 32.1. The summed E-state index contributed by atoms with van der Waals surface area (Å²) >= 11 is 0. The third kappa shape index (κ3) is 5.68. The van der Waals surface area contributed by atoms with Crippen molar-refractivity contribution < 1.29 is 90.4 Å². The molecule has 0 saturated heterocycles. The number of benzene rings is 6. The largest absolute Gasteiger partial charge is 0.508 e. The first-order valence-electron chi connectivity index (χ1n) is 19.3. The average Bonchev–Trinajstić information content (AvgIpc) is 3.22. The SMILES string of the molecule is Oc1cc(O)c2c(c1)O[C@H](c1ccc(O)c(O)c1)[C@H](O)[C@H]2c1c(O)cc2c(c1O)[C@@H]1c3c(cc(O)c4c3O[C@@H](c3ccc(O)c(O)c3)[C@@H](O)C4)O[C@](c3ccc(O)c(O)c3)(O2)[C@@H]1O. The van der Waals surface area contributed by atoms with E-state index in [4.69, 9.17) is 18.9 Å². The molecule has 10 rings (SSSR count). The predicted octanol–water partition coefficient (Wildman–Crippen LogP) is 4.24. The van der Waals surface area contributed by atoms with E-state index in [0.717, 1.165) is 48.5 Å². The molecule has 8 atom stereocenters. The number of fused-ring (bicyclic) bond motifs is 9. The Labute approximate surface area is 354 Å². The highest BCUT2D eigenvalue weighted by Crippen LogP contribution is 2.65. The van der Waals surface area contributed by atoms with Crippen LogP contribution in [0.25, 0.3) is 0 Å². The van der Waals surface area contributed by atoms with Gasteiger partial charge in [-0.05, 0) is 53.6 Å². The van der Waals surface area contributed by atoms with Gasteiger partial charge in [0.2, 0.25) is 0 Å². The Morgan fingerprint density at radius 2 is 1.03 bits per heavy atom. The van der Waals surface area contributed by atoms with Crippen molar-refractivity contribution in [2.24, 2.45) is 0 Å². The first-order valence-corrected chi connectivity index (χ1v) is 19.3.